The Morgan fingerprint density at radius 1 is 0.649 bits per heavy atom. The number of unbranched alkanes of at least 4 members (excludes halogenated alkanes) is 10. The van der Waals surface area contributed by atoms with Crippen LogP contribution in [-0.2, 0) is 4.79 Å². The zero-order valence-corrected chi connectivity index (χ0v) is 23.7. The summed E-state index contributed by atoms with van der Waals surface area (Å²) in [4.78, 5) is 12.3. The molecule has 0 aliphatic carbocycles. The number of allylic oxidation sites excluding steroid dienone is 6. The highest BCUT2D eigenvalue weighted by Crippen LogP contribution is 2.12. The van der Waals surface area contributed by atoms with Crippen molar-refractivity contribution in [1.29, 1.82) is 0 Å². The number of carbonyl (C=O) groups excluding carboxylic acids is 1. The lowest BCUT2D eigenvalue weighted by Gasteiger charge is -2.27. The van der Waals surface area contributed by atoms with E-state index in [0.29, 0.717) is 19.3 Å². The Morgan fingerprint density at radius 3 is 1.68 bits per heavy atom. The van der Waals surface area contributed by atoms with E-state index in [9.17, 15) is 25.2 Å². The highest BCUT2D eigenvalue weighted by atomic mass is 16.3. The maximum Gasteiger partial charge on any atom is 0.249 e. The molecule has 6 heteroatoms. The summed E-state index contributed by atoms with van der Waals surface area (Å²) in [6.07, 6.45) is 26.0. The van der Waals surface area contributed by atoms with Crippen LogP contribution in [0.1, 0.15) is 123 Å². The molecule has 0 rings (SSSR count). The Morgan fingerprint density at radius 2 is 1.14 bits per heavy atom. The largest absolute Gasteiger partial charge is 0.394 e. The average Bonchev–Trinajstić information content (AvgIpc) is 2.90. The van der Waals surface area contributed by atoms with Crippen molar-refractivity contribution < 1.29 is 25.2 Å². The van der Waals surface area contributed by atoms with Crippen molar-refractivity contribution in [3.63, 3.8) is 0 Å². The molecule has 1 amide bonds. The zero-order chi connectivity index (χ0) is 27.6. The van der Waals surface area contributed by atoms with E-state index in [2.05, 4.69) is 55.6 Å². The third kappa shape index (κ3) is 21.2. The van der Waals surface area contributed by atoms with E-state index in [4.69, 9.17) is 0 Å². The molecule has 0 aliphatic heterocycles. The molecule has 0 bridgehead atoms. The van der Waals surface area contributed by atoms with Crippen molar-refractivity contribution in [2.24, 2.45) is 0 Å². The molecular weight excluding hydrogens is 466 g/mol. The minimum atomic E-state index is -1.29. The minimum Gasteiger partial charge on any atom is -0.394 e. The SMILES string of the molecule is CCCC/C=C\CCCCCCC(O)C(=O)NC(CO)C(O)C(O)CCC/C=C/CC/C=C/CCCC. The molecule has 0 fully saturated rings. The quantitative estimate of drug-likeness (QED) is 0.0757. The number of amides is 1. The van der Waals surface area contributed by atoms with Crippen LogP contribution in [0.3, 0.4) is 0 Å². The second-order valence-corrected chi connectivity index (χ2v) is 10.1. The van der Waals surface area contributed by atoms with E-state index in [1.165, 1.54) is 25.7 Å². The topological polar surface area (TPSA) is 110 Å². The lowest BCUT2D eigenvalue weighted by molar-refractivity contribution is -0.132. The van der Waals surface area contributed by atoms with Gasteiger partial charge < -0.3 is 25.7 Å². The Balaban J connectivity index is 4.05. The molecule has 37 heavy (non-hydrogen) atoms. The van der Waals surface area contributed by atoms with E-state index in [1.807, 2.05) is 0 Å². The third-order valence-electron chi connectivity index (χ3n) is 6.55. The predicted octanol–water partition coefficient (Wildman–Crippen LogP) is 5.89. The van der Waals surface area contributed by atoms with Gasteiger partial charge in [-0.25, -0.2) is 0 Å². The van der Waals surface area contributed by atoms with Gasteiger partial charge in [-0.05, 0) is 64.2 Å². The van der Waals surface area contributed by atoms with Crippen LogP contribution in [0.5, 0.6) is 0 Å². The van der Waals surface area contributed by atoms with E-state index in [0.717, 1.165) is 64.2 Å². The van der Waals surface area contributed by atoms with Crippen LogP contribution in [0, 0.1) is 0 Å². The van der Waals surface area contributed by atoms with Gasteiger partial charge in [0.25, 0.3) is 0 Å². The number of aliphatic hydroxyl groups excluding tert-OH is 4. The first kappa shape index (κ1) is 35.5. The van der Waals surface area contributed by atoms with E-state index < -0.39 is 36.9 Å². The first-order valence-electron chi connectivity index (χ1n) is 14.9. The van der Waals surface area contributed by atoms with Gasteiger partial charge >= 0.3 is 0 Å². The Labute approximate surface area is 227 Å². The van der Waals surface area contributed by atoms with E-state index in [1.54, 1.807) is 0 Å². The molecule has 0 heterocycles. The molecule has 0 saturated heterocycles. The Hall–Kier alpha value is -1.47. The summed E-state index contributed by atoms with van der Waals surface area (Å²) in [5.41, 5.74) is 0. The smallest absolute Gasteiger partial charge is 0.249 e. The standard InChI is InChI=1S/C31H57NO5/c1-3-5-7-9-11-13-15-17-18-20-22-24-28(34)30(36)27(26-33)32-31(37)29(35)25-23-21-19-16-14-12-10-8-6-4-2/h9-12,17-18,27-30,33-36H,3-8,13-16,19-26H2,1-2H3,(H,32,37)/b11-9+,12-10-,18-17+. The third-order valence-corrected chi connectivity index (χ3v) is 6.55. The Kier molecular flexibility index (Phi) is 25.1. The number of rotatable bonds is 25. The highest BCUT2D eigenvalue weighted by molar-refractivity contribution is 5.80. The lowest BCUT2D eigenvalue weighted by atomic mass is 10.00. The van der Waals surface area contributed by atoms with Gasteiger partial charge in [-0.2, -0.15) is 0 Å². The maximum absolute atomic E-state index is 12.3. The van der Waals surface area contributed by atoms with Crippen LogP contribution in [0.15, 0.2) is 36.5 Å². The number of hydrogen-bond acceptors (Lipinski definition) is 5. The van der Waals surface area contributed by atoms with Gasteiger partial charge in [0.2, 0.25) is 5.91 Å². The lowest BCUT2D eigenvalue weighted by Crippen LogP contribution is -2.53. The summed E-state index contributed by atoms with van der Waals surface area (Å²) in [7, 11) is 0. The minimum absolute atomic E-state index is 0.343. The van der Waals surface area contributed by atoms with Crippen molar-refractivity contribution in [2.75, 3.05) is 6.61 Å². The van der Waals surface area contributed by atoms with E-state index in [-0.39, 0.29) is 0 Å². The van der Waals surface area contributed by atoms with Crippen molar-refractivity contribution in [3.05, 3.63) is 36.5 Å². The van der Waals surface area contributed by atoms with Gasteiger partial charge in [0.15, 0.2) is 0 Å². The molecule has 0 radical (unpaired) electrons. The fraction of sp³-hybridized carbons (Fsp3) is 0.774. The van der Waals surface area contributed by atoms with Crippen LogP contribution < -0.4 is 5.32 Å². The van der Waals surface area contributed by atoms with Gasteiger partial charge in [-0.15, -0.1) is 0 Å². The molecule has 216 valence electrons. The van der Waals surface area contributed by atoms with Crippen molar-refractivity contribution in [1.82, 2.24) is 5.32 Å². The van der Waals surface area contributed by atoms with E-state index >= 15 is 0 Å². The molecule has 0 saturated carbocycles. The Bertz CT molecular complexity index is 604. The normalized spacial score (nSPS) is 15.5. The van der Waals surface area contributed by atoms with Crippen molar-refractivity contribution in [3.8, 4) is 0 Å². The van der Waals surface area contributed by atoms with Gasteiger partial charge in [-0.1, -0.05) is 95.2 Å². The molecule has 0 aromatic rings. The fourth-order valence-corrected chi connectivity index (χ4v) is 4.03. The summed E-state index contributed by atoms with van der Waals surface area (Å²) in [6.45, 7) is 3.87. The summed E-state index contributed by atoms with van der Waals surface area (Å²) in [5, 5.41) is 43.0. The maximum atomic E-state index is 12.3. The van der Waals surface area contributed by atoms with Crippen molar-refractivity contribution in [2.45, 2.75) is 147 Å². The number of aliphatic hydroxyl groups is 4. The molecule has 6 nitrogen and oxygen atoms in total. The average molecular weight is 524 g/mol. The van der Waals surface area contributed by atoms with Crippen LogP contribution in [0.25, 0.3) is 0 Å². The first-order chi connectivity index (χ1) is 18.0. The second-order valence-electron chi connectivity index (χ2n) is 10.1. The van der Waals surface area contributed by atoms with Crippen LogP contribution in [-0.4, -0.2) is 57.3 Å². The number of nitrogens with one attached hydrogen (secondary N) is 1. The van der Waals surface area contributed by atoms with Crippen LogP contribution in [0.4, 0.5) is 0 Å². The molecule has 0 aromatic carbocycles. The molecule has 5 N–H and O–H groups in total. The molecule has 0 spiro atoms. The zero-order valence-electron chi connectivity index (χ0n) is 23.7. The summed E-state index contributed by atoms with van der Waals surface area (Å²) < 4.78 is 0. The van der Waals surface area contributed by atoms with Gasteiger partial charge in [0.1, 0.15) is 12.2 Å². The summed E-state index contributed by atoms with van der Waals surface area (Å²) in [5.74, 6) is -0.615. The molecule has 4 unspecified atom stereocenters. The first-order valence-corrected chi connectivity index (χ1v) is 14.9. The molecule has 0 aromatic heterocycles. The predicted molar refractivity (Wildman–Crippen MR) is 154 cm³/mol. The highest BCUT2D eigenvalue weighted by Gasteiger charge is 2.28. The monoisotopic (exact) mass is 523 g/mol. The number of hydrogen-bond donors (Lipinski definition) is 5. The van der Waals surface area contributed by atoms with Crippen LogP contribution >= 0.6 is 0 Å². The second kappa shape index (κ2) is 26.1. The summed E-state index contributed by atoms with van der Waals surface area (Å²) >= 11 is 0. The van der Waals surface area contributed by atoms with Gasteiger partial charge in [0, 0.05) is 0 Å². The molecular formula is C31H57NO5. The van der Waals surface area contributed by atoms with Crippen LogP contribution in [0.2, 0.25) is 0 Å². The van der Waals surface area contributed by atoms with Crippen molar-refractivity contribution >= 4 is 5.91 Å². The van der Waals surface area contributed by atoms with Gasteiger partial charge in [0.05, 0.1) is 18.8 Å². The fourth-order valence-electron chi connectivity index (χ4n) is 4.03. The number of carbonyl (C=O) groups is 1. The molecule has 4 atom stereocenters. The van der Waals surface area contributed by atoms with Gasteiger partial charge in [-0.3, -0.25) is 4.79 Å². The summed E-state index contributed by atoms with van der Waals surface area (Å²) in [6, 6.07) is -1.01. The molecule has 0 aliphatic rings.